The lowest BCUT2D eigenvalue weighted by atomic mass is 10.2. The minimum absolute atomic E-state index is 0.264. The first-order valence-corrected chi connectivity index (χ1v) is 6.56. The fraction of sp³-hybridized carbons (Fsp3) is 0.0714. The van der Waals surface area contributed by atoms with Gasteiger partial charge in [0.25, 0.3) is 0 Å². The average Bonchev–Trinajstić information content (AvgIpc) is 3.17. The van der Waals surface area contributed by atoms with Gasteiger partial charge in [0.1, 0.15) is 24.8 Å². The summed E-state index contributed by atoms with van der Waals surface area (Å²) in [6.45, 7) is 0.474. The lowest BCUT2D eigenvalue weighted by Crippen LogP contribution is -2.03. The molecule has 0 unspecified atom stereocenters. The molecule has 1 aromatic carbocycles. The van der Waals surface area contributed by atoms with E-state index >= 15 is 0 Å². The molecular weight excluding hydrogens is 285 g/mol. The van der Waals surface area contributed by atoms with Crippen molar-refractivity contribution in [2.45, 2.75) is 6.54 Å². The molecule has 4 rings (SSSR count). The van der Waals surface area contributed by atoms with Crippen molar-refractivity contribution in [3.63, 3.8) is 0 Å². The molecule has 0 aliphatic rings. The number of fused-ring (bicyclic) bond motifs is 1. The molecule has 0 saturated heterocycles. The maximum Gasteiger partial charge on any atom is 0.186 e. The number of rotatable bonds is 3. The molecule has 0 bridgehead atoms. The second-order valence-corrected chi connectivity index (χ2v) is 4.71. The Bertz CT molecular complexity index is 929. The zero-order valence-corrected chi connectivity index (χ0v) is 11.3. The van der Waals surface area contributed by atoms with Crippen molar-refractivity contribution < 1.29 is 4.39 Å². The van der Waals surface area contributed by atoms with E-state index in [0.717, 1.165) is 5.56 Å². The summed E-state index contributed by atoms with van der Waals surface area (Å²) in [5.41, 5.74) is 2.11. The van der Waals surface area contributed by atoms with Gasteiger partial charge >= 0.3 is 0 Å². The van der Waals surface area contributed by atoms with Crippen LogP contribution in [0.15, 0.2) is 49.6 Å². The largest absolute Gasteiger partial charge is 0.311 e. The molecule has 0 aliphatic carbocycles. The fourth-order valence-corrected chi connectivity index (χ4v) is 2.30. The molecule has 0 amide bonds. The number of halogens is 1. The summed E-state index contributed by atoms with van der Waals surface area (Å²) in [5, 5.41) is 4.06. The molecule has 7 nitrogen and oxygen atoms in total. The third kappa shape index (κ3) is 2.10. The van der Waals surface area contributed by atoms with Crippen LogP contribution < -0.4 is 0 Å². The number of hydrogen-bond acceptors (Lipinski definition) is 5. The van der Waals surface area contributed by atoms with E-state index in [4.69, 9.17) is 0 Å². The summed E-state index contributed by atoms with van der Waals surface area (Å²) < 4.78 is 16.7. The Labute approximate surface area is 124 Å². The lowest BCUT2D eigenvalue weighted by molar-refractivity contribution is 0.624. The first-order chi connectivity index (χ1) is 10.8. The average molecular weight is 295 g/mol. The monoisotopic (exact) mass is 295 g/mol. The molecule has 3 heterocycles. The predicted molar refractivity (Wildman–Crippen MR) is 75.7 cm³/mol. The Morgan fingerprint density at radius 3 is 2.82 bits per heavy atom. The third-order valence-corrected chi connectivity index (χ3v) is 3.26. The first-order valence-electron chi connectivity index (χ1n) is 6.56. The maximum absolute atomic E-state index is 13.3. The highest BCUT2D eigenvalue weighted by atomic mass is 19.1. The minimum atomic E-state index is -0.264. The molecule has 0 spiro atoms. The number of imidazole rings is 1. The number of nitrogens with zero attached hydrogens (tertiary/aromatic N) is 7. The van der Waals surface area contributed by atoms with Gasteiger partial charge in [0.15, 0.2) is 17.0 Å². The molecule has 8 heteroatoms. The summed E-state index contributed by atoms with van der Waals surface area (Å²) in [6, 6.07) is 6.44. The van der Waals surface area contributed by atoms with Crippen LogP contribution in [0.2, 0.25) is 0 Å². The van der Waals surface area contributed by atoms with Gasteiger partial charge < -0.3 is 4.57 Å². The Kier molecular flexibility index (Phi) is 2.85. The number of aromatic nitrogens is 7. The molecule has 0 fully saturated rings. The maximum atomic E-state index is 13.3. The van der Waals surface area contributed by atoms with E-state index in [1.54, 1.807) is 18.7 Å². The molecule has 0 radical (unpaired) electrons. The number of benzene rings is 1. The van der Waals surface area contributed by atoms with Gasteiger partial charge in [-0.2, -0.15) is 5.10 Å². The van der Waals surface area contributed by atoms with Gasteiger partial charge in [0.05, 0.1) is 12.9 Å². The highest BCUT2D eigenvalue weighted by Crippen LogP contribution is 2.17. The quantitative estimate of drug-likeness (QED) is 0.574. The van der Waals surface area contributed by atoms with Crippen LogP contribution in [0.3, 0.4) is 0 Å². The van der Waals surface area contributed by atoms with Crippen molar-refractivity contribution in [3.05, 3.63) is 61.0 Å². The van der Waals surface area contributed by atoms with Gasteiger partial charge in [-0.05, 0) is 17.7 Å². The molecule has 3 aromatic heterocycles. The normalized spacial score (nSPS) is 11.1. The van der Waals surface area contributed by atoms with Crippen LogP contribution in [0, 0.1) is 5.82 Å². The van der Waals surface area contributed by atoms with Crippen molar-refractivity contribution in [2.24, 2.45) is 0 Å². The summed E-state index contributed by atoms with van der Waals surface area (Å²) in [4.78, 5) is 16.7. The highest BCUT2D eigenvalue weighted by molar-refractivity contribution is 5.78. The van der Waals surface area contributed by atoms with Crippen LogP contribution in [-0.4, -0.2) is 34.3 Å². The summed E-state index contributed by atoms with van der Waals surface area (Å²) in [7, 11) is 0. The van der Waals surface area contributed by atoms with Crippen molar-refractivity contribution in [2.75, 3.05) is 0 Å². The summed E-state index contributed by atoms with van der Waals surface area (Å²) >= 11 is 0. The number of hydrogen-bond donors (Lipinski definition) is 0. The first kappa shape index (κ1) is 12.6. The van der Waals surface area contributed by atoms with Crippen LogP contribution in [-0.2, 0) is 6.54 Å². The van der Waals surface area contributed by atoms with Crippen LogP contribution in [0.25, 0.3) is 17.0 Å². The Hall–Kier alpha value is -3.16. The van der Waals surface area contributed by atoms with E-state index in [1.165, 1.54) is 29.5 Å². The third-order valence-electron chi connectivity index (χ3n) is 3.26. The van der Waals surface area contributed by atoms with Crippen LogP contribution in [0.4, 0.5) is 4.39 Å². The second-order valence-electron chi connectivity index (χ2n) is 4.71. The standard InChI is InChI=1S/C14H10FN7/c15-11-3-1-2-10(4-11)5-21-9-19-12-13(21)17-7-18-14(12)22-8-16-6-20-22/h1-4,6-9H,5H2. The molecule has 4 aromatic rings. The van der Waals surface area contributed by atoms with E-state index in [0.29, 0.717) is 23.5 Å². The van der Waals surface area contributed by atoms with Crippen LogP contribution in [0.1, 0.15) is 5.56 Å². The van der Waals surface area contributed by atoms with E-state index in [2.05, 4.69) is 25.0 Å². The van der Waals surface area contributed by atoms with Gasteiger partial charge in [-0.1, -0.05) is 12.1 Å². The second kappa shape index (κ2) is 4.99. The summed E-state index contributed by atoms with van der Waals surface area (Å²) in [6.07, 6.45) is 6.08. The molecule has 0 saturated carbocycles. The van der Waals surface area contributed by atoms with Gasteiger partial charge in [-0.15, -0.1) is 0 Å². The van der Waals surface area contributed by atoms with Gasteiger partial charge in [-0.25, -0.2) is 29.0 Å². The summed E-state index contributed by atoms with van der Waals surface area (Å²) in [5.74, 6) is 0.292. The van der Waals surface area contributed by atoms with Crippen molar-refractivity contribution >= 4 is 11.2 Å². The molecule has 22 heavy (non-hydrogen) atoms. The Morgan fingerprint density at radius 1 is 1.05 bits per heavy atom. The van der Waals surface area contributed by atoms with Crippen LogP contribution >= 0.6 is 0 Å². The van der Waals surface area contributed by atoms with Gasteiger partial charge in [-0.3, -0.25) is 0 Å². The van der Waals surface area contributed by atoms with Gasteiger partial charge in [0, 0.05) is 0 Å². The smallest absolute Gasteiger partial charge is 0.186 e. The zero-order chi connectivity index (χ0) is 14.9. The molecule has 0 atom stereocenters. The van der Waals surface area contributed by atoms with Crippen molar-refractivity contribution in [1.29, 1.82) is 0 Å². The Morgan fingerprint density at radius 2 is 2.00 bits per heavy atom. The molecule has 108 valence electrons. The van der Waals surface area contributed by atoms with Crippen LogP contribution in [0.5, 0.6) is 0 Å². The minimum Gasteiger partial charge on any atom is -0.311 e. The molecule has 0 aliphatic heterocycles. The van der Waals surface area contributed by atoms with E-state index < -0.39 is 0 Å². The predicted octanol–water partition coefficient (Wildman–Crippen LogP) is 1.59. The zero-order valence-electron chi connectivity index (χ0n) is 11.3. The lowest BCUT2D eigenvalue weighted by Gasteiger charge is -2.05. The molecular formula is C14H10FN7. The van der Waals surface area contributed by atoms with E-state index in [1.807, 2.05) is 10.6 Å². The van der Waals surface area contributed by atoms with E-state index in [9.17, 15) is 4.39 Å². The highest BCUT2D eigenvalue weighted by Gasteiger charge is 2.12. The topological polar surface area (TPSA) is 74.3 Å². The fourth-order valence-electron chi connectivity index (χ4n) is 2.30. The van der Waals surface area contributed by atoms with Gasteiger partial charge in [0.2, 0.25) is 0 Å². The van der Waals surface area contributed by atoms with E-state index in [-0.39, 0.29) is 5.82 Å². The van der Waals surface area contributed by atoms with Crippen molar-refractivity contribution in [3.8, 4) is 5.82 Å². The SMILES string of the molecule is Fc1cccc(Cn2cnc3c(-n4cncn4)ncnc32)c1. The molecule has 0 N–H and O–H groups in total. The van der Waals surface area contributed by atoms with Crippen molar-refractivity contribution in [1.82, 2.24) is 34.3 Å². The Balaban J connectivity index is 1.79.